The summed E-state index contributed by atoms with van der Waals surface area (Å²) in [4.78, 5) is 15.2. The van der Waals surface area contributed by atoms with Crippen LogP contribution >= 0.6 is 0 Å². The Morgan fingerprint density at radius 3 is 1.91 bits per heavy atom. The average Bonchev–Trinajstić information content (AvgIpc) is 2.82. The van der Waals surface area contributed by atoms with E-state index in [1.165, 1.54) is 0 Å². The standard InChI is InChI=1S/C25H26N2O5/c1-29-19-11-10-16(12-18(19)26)23-22(15-8-6-5-7-9-15)25(28)27(23)17-13-20(30-2)24(32-4)21(14-17)31-3/h5-14,22-23H,26H2,1-4H3. The van der Waals surface area contributed by atoms with Crippen molar-refractivity contribution in [2.75, 3.05) is 39.1 Å². The molecule has 2 unspecified atom stereocenters. The Balaban J connectivity index is 1.84. The number of nitrogen functional groups attached to an aromatic ring is 1. The van der Waals surface area contributed by atoms with Crippen molar-refractivity contribution in [2.24, 2.45) is 0 Å². The van der Waals surface area contributed by atoms with E-state index in [-0.39, 0.29) is 17.9 Å². The number of hydrogen-bond donors (Lipinski definition) is 1. The molecule has 166 valence electrons. The molecular formula is C25H26N2O5. The molecule has 3 aromatic carbocycles. The number of ether oxygens (including phenoxy) is 4. The lowest BCUT2D eigenvalue weighted by atomic mass is 9.77. The summed E-state index contributed by atoms with van der Waals surface area (Å²) in [6, 6.07) is 18.6. The molecule has 1 aliphatic rings. The van der Waals surface area contributed by atoms with Crippen molar-refractivity contribution in [1.82, 2.24) is 0 Å². The first kappa shape index (κ1) is 21.4. The highest BCUT2D eigenvalue weighted by Crippen LogP contribution is 2.52. The van der Waals surface area contributed by atoms with Crippen molar-refractivity contribution in [3.05, 3.63) is 71.8 Å². The molecule has 1 aliphatic heterocycles. The maximum atomic E-state index is 13.5. The molecule has 7 heteroatoms. The Bertz CT molecular complexity index is 1110. The van der Waals surface area contributed by atoms with Crippen LogP contribution in [-0.4, -0.2) is 34.3 Å². The number of rotatable bonds is 7. The minimum absolute atomic E-state index is 0.0233. The van der Waals surface area contributed by atoms with Crippen molar-refractivity contribution in [3.8, 4) is 23.0 Å². The van der Waals surface area contributed by atoms with E-state index in [0.717, 1.165) is 11.1 Å². The average molecular weight is 434 g/mol. The van der Waals surface area contributed by atoms with Crippen LogP contribution in [0.15, 0.2) is 60.7 Å². The van der Waals surface area contributed by atoms with Crippen LogP contribution in [0, 0.1) is 0 Å². The van der Waals surface area contributed by atoms with Gasteiger partial charge in [-0.2, -0.15) is 0 Å². The Kier molecular flexibility index (Phi) is 5.81. The van der Waals surface area contributed by atoms with Crippen molar-refractivity contribution >= 4 is 17.3 Å². The van der Waals surface area contributed by atoms with Gasteiger partial charge in [0.1, 0.15) is 5.75 Å². The monoisotopic (exact) mass is 434 g/mol. The molecule has 0 saturated carbocycles. The quantitative estimate of drug-likeness (QED) is 0.444. The largest absolute Gasteiger partial charge is 0.495 e. The van der Waals surface area contributed by atoms with Crippen molar-refractivity contribution in [3.63, 3.8) is 0 Å². The summed E-state index contributed by atoms with van der Waals surface area (Å²) in [5, 5.41) is 0. The molecule has 7 nitrogen and oxygen atoms in total. The summed E-state index contributed by atoms with van der Waals surface area (Å²) in [6.45, 7) is 0. The molecule has 1 saturated heterocycles. The minimum atomic E-state index is -0.344. The van der Waals surface area contributed by atoms with Crippen LogP contribution in [0.2, 0.25) is 0 Å². The molecule has 1 heterocycles. The molecular weight excluding hydrogens is 408 g/mol. The fourth-order valence-corrected chi connectivity index (χ4v) is 4.25. The third-order valence-electron chi connectivity index (χ3n) is 5.78. The Labute approximate surface area is 187 Å². The van der Waals surface area contributed by atoms with Gasteiger partial charge in [-0.15, -0.1) is 0 Å². The SMILES string of the molecule is COc1ccc(C2C(c3ccccc3)C(=O)N2c2cc(OC)c(OC)c(OC)c2)cc1N. The molecule has 1 amide bonds. The van der Waals surface area contributed by atoms with E-state index in [1.54, 1.807) is 45.5 Å². The van der Waals surface area contributed by atoms with Gasteiger partial charge in [0.25, 0.3) is 0 Å². The summed E-state index contributed by atoms with van der Waals surface area (Å²) < 4.78 is 21.7. The molecule has 3 aromatic rings. The molecule has 0 bridgehead atoms. The highest BCUT2D eigenvalue weighted by molar-refractivity contribution is 6.07. The van der Waals surface area contributed by atoms with Gasteiger partial charge in [-0.25, -0.2) is 0 Å². The van der Waals surface area contributed by atoms with Crippen LogP contribution in [0.4, 0.5) is 11.4 Å². The fraction of sp³-hybridized carbons (Fsp3) is 0.240. The third-order valence-corrected chi connectivity index (χ3v) is 5.78. The first-order chi connectivity index (χ1) is 15.5. The number of β-lactam (4-membered cyclic amide) rings is 1. The predicted molar refractivity (Wildman–Crippen MR) is 123 cm³/mol. The molecule has 32 heavy (non-hydrogen) atoms. The second kappa shape index (κ2) is 8.70. The lowest BCUT2D eigenvalue weighted by Crippen LogP contribution is -2.53. The number of methoxy groups -OCH3 is 4. The van der Waals surface area contributed by atoms with Gasteiger partial charge in [0.05, 0.1) is 51.8 Å². The van der Waals surface area contributed by atoms with E-state index in [1.807, 2.05) is 48.5 Å². The Morgan fingerprint density at radius 1 is 0.750 bits per heavy atom. The zero-order chi connectivity index (χ0) is 22.8. The van der Waals surface area contributed by atoms with E-state index >= 15 is 0 Å². The van der Waals surface area contributed by atoms with Gasteiger partial charge in [0.15, 0.2) is 11.5 Å². The summed E-state index contributed by atoms with van der Waals surface area (Å²) in [7, 11) is 6.22. The number of anilines is 2. The number of carbonyl (C=O) groups excluding carboxylic acids is 1. The lowest BCUT2D eigenvalue weighted by Gasteiger charge is -2.48. The molecule has 0 spiro atoms. The van der Waals surface area contributed by atoms with E-state index in [9.17, 15) is 4.79 Å². The van der Waals surface area contributed by atoms with Gasteiger partial charge in [-0.05, 0) is 23.3 Å². The van der Waals surface area contributed by atoms with Crippen LogP contribution in [0.5, 0.6) is 23.0 Å². The Morgan fingerprint density at radius 2 is 1.38 bits per heavy atom. The number of benzene rings is 3. The zero-order valence-corrected chi connectivity index (χ0v) is 18.5. The number of amides is 1. The topological polar surface area (TPSA) is 83.2 Å². The maximum absolute atomic E-state index is 13.5. The normalized spacial score (nSPS) is 17.5. The van der Waals surface area contributed by atoms with Crippen LogP contribution in [0.3, 0.4) is 0 Å². The minimum Gasteiger partial charge on any atom is -0.495 e. The van der Waals surface area contributed by atoms with E-state index in [2.05, 4.69) is 0 Å². The number of nitrogens with zero attached hydrogens (tertiary/aromatic N) is 1. The highest BCUT2D eigenvalue weighted by atomic mass is 16.5. The van der Waals surface area contributed by atoms with Gasteiger partial charge in [0.2, 0.25) is 11.7 Å². The predicted octanol–water partition coefficient (Wildman–Crippen LogP) is 4.17. The molecule has 0 aromatic heterocycles. The van der Waals surface area contributed by atoms with Crippen LogP contribution < -0.4 is 29.6 Å². The fourth-order valence-electron chi connectivity index (χ4n) is 4.25. The van der Waals surface area contributed by atoms with E-state index < -0.39 is 0 Å². The highest BCUT2D eigenvalue weighted by Gasteiger charge is 2.50. The molecule has 0 aliphatic carbocycles. The summed E-state index contributed by atoms with van der Waals surface area (Å²) >= 11 is 0. The third kappa shape index (κ3) is 3.45. The number of hydrogen-bond acceptors (Lipinski definition) is 6. The maximum Gasteiger partial charge on any atom is 0.237 e. The summed E-state index contributed by atoms with van der Waals surface area (Å²) in [6.07, 6.45) is 0. The molecule has 2 N–H and O–H groups in total. The van der Waals surface area contributed by atoms with Gasteiger partial charge in [0, 0.05) is 12.1 Å². The van der Waals surface area contributed by atoms with Crippen LogP contribution in [0.25, 0.3) is 0 Å². The van der Waals surface area contributed by atoms with E-state index in [0.29, 0.717) is 34.4 Å². The van der Waals surface area contributed by atoms with Gasteiger partial charge in [-0.1, -0.05) is 36.4 Å². The lowest BCUT2D eigenvalue weighted by molar-refractivity contribution is -0.126. The molecule has 2 atom stereocenters. The smallest absolute Gasteiger partial charge is 0.237 e. The number of nitrogens with two attached hydrogens (primary N) is 1. The summed E-state index contributed by atoms with van der Waals surface area (Å²) in [5.74, 6) is 1.65. The van der Waals surface area contributed by atoms with Crippen molar-refractivity contribution in [1.29, 1.82) is 0 Å². The van der Waals surface area contributed by atoms with Gasteiger partial charge < -0.3 is 29.6 Å². The van der Waals surface area contributed by atoms with Crippen LogP contribution in [-0.2, 0) is 4.79 Å². The van der Waals surface area contributed by atoms with Gasteiger partial charge >= 0.3 is 0 Å². The zero-order valence-electron chi connectivity index (χ0n) is 18.5. The second-order valence-electron chi connectivity index (χ2n) is 7.43. The molecule has 0 radical (unpaired) electrons. The molecule has 4 rings (SSSR count). The Hall–Kier alpha value is -3.87. The van der Waals surface area contributed by atoms with Crippen LogP contribution in [0.1, 0.15) is 23.1 Å². The van der Waals surface area contributed by atoms with Crippen molar-refractivity contribution < 1.29 is 23.7 Å². The molecule has 1 fully saturated rings. The number of carbonyl (C=O) groups is 1. The second-order valence-corrected chi connectivity index (χ2v) is 7.43. The summed E-state index contributed by atoms with van der Waals surface area (Å²) in [5.41, 5.74) is 9.21. The van der Waals surface area contributed by atoms with E-state index in [4.69, 9.17) is 24.7 Å². The first-order valence-electron chi connectivity index (χ1n) is 10.2. The van der Waals surface area contributed by atoms with Gasteiger partial charge in [-0.3, -0.25) is 4.79 Å². The first-order valence-corrected chi connectivity index (χ1v) is 10.2. The van der Waals surface area contributed by atoms with Crippen molar-refractivity contribution in [2.45, 2.75) is 12.0 Å².